The van der Waals surface area contributed by atoms with E-state index in [1.165, 1.54) is 0 Å². The van der Waals surface area contributed by atoms with Crippen LogP contribution < -0.4 is 0 Å². The van der Waals surface area contributed by atoms with Crippen LogP contribution in [0.25, 0.3) is 33.8 Å². The Hall–Kier alpha value is -4.95. The van der Waals surface area contributed by atoms with E-state index in [1.807, 2.05) is 69.7 Å². The SMILES string of the molecule is CCOC(=O)c1cc2cc(Cl)ccn2c1-c1cc(Cc2ccn3c(-c4ccccn4)c(C(=O)OCC)cc3c2)ccn1. The zero-order chi connectivity index (χ0) is 29.2. The summed E-state index contributed by atoms with van der Waals surface area (Å²) in [6, 6.07) is 20.8. The van der Waals surface area contributed by atoms with E-state index < -0.39 is 5.97 Å². The lowest BCUT2D eigenvalue weighted by atomic mass is 10.0. The van der Waals surface area contributed by atoms with E-state index in [2.05, 4.69) is 9.97 Å². The molecular weight excluding hydrogens is 552 g/mol. The first-order chi connectivity index (χ1) is 20.5. The number of carbonyl (C=O) groups is 2. The molecule has 0 fully saturated rings. The number of aromatic nitrogens is 4. The second kappa shape index (κ2) is 11.5. The molecule has 0 N–H and O–H groups in total. The molecule has 0 atom stereocenters. The Morgan fingerprint density at radius 2 is 1.33 bits per heavy atom. The maximum Gasteiger partial charge on any atom is 0.340 e. The van der Waals surface area contributed by atoms with Crippen molar-refractivity contribution < 1.29 is 19.1 Å². The first-order valence-electron chi connectivity index (χ1n) is 13.6. The number of ether oxygens (including phenoxy) is 2. The summed E-state index contributed by atoms with van der Waals surface area (Å²) in [7, 11) is 0. The summed E-state index contributed by atoms with van der Waals surface area (Å²) in [5, 5.41) is 0.571. The first kappa shape index (κ1) is 27.2. The lowest BCUT2D eigenvalue weighted by Crippen LogP contribution is -2.06. The summed E-state index contributed by atoms with van der Waals surface area (Å²) in [5.41, 5.74) is 7.21. The highest BCUT2D eigenvalue weighted by Crippen LogP contribution is 2.31. The molecule has 42 heavy (non-hydrogen) atoms. The third kappa shape index (κ3) is 5.12. The number of nitrogens with zero attached hydrogens (tertiary/aromatic N) is 4. The summed E-state index contributed by atoms with van der Waals surface area (Å²) in [6.45, 7) is 4.11. The van der Waals surface area contributed by atoms with Gasteiger partial charge in [-0.3, -0.25) is 9.97 Å². The normalized spacial score (nSPS) is 11.2. The summed E-state index contributed by atoms with van der Waals surface area (Å²) in [6.07, 6.45) is 7.82. The average molecular weight is 579 g/mol. The molecule has 8 nitrogen and oxygen atoms in total. The van der Waals surface area contributed by atoms with Crippen LogP contribution in [0.4, 0.5) is 0 Å². The molecular formula is C33H27ClN4O4. The van der Waals surface area contributed by atoms with Gasteiger partial charge in [0, 0.05) is 40.8 Å². The Morgan fingerprint density at radius 3 is 2.00 bits per heavy atom. The molecule has 6 heterocycles. The smallest absolute Gasteiger partial charge is 0.340 e. The molecule has 6 aromatic heterocycles. The predicted octanol–water partition coefficient (Wildman–Crippen LogP) is 6.91. The molecule has 0 aliphatic heterocycles. The van der Waals surface area contributed by atoms with Crippen LogP contribution in [-0.4, -0.2) is 43.9 Å². The van der Waals surface area contributed by atoms with Crippen molar-refractivity contribution in [2.24, 2.45) is 0 Å². The number of hydrogen-bond donors (Lipinski definition) is 0. The van der Waals surface area contributed by atoms with Crippen LogP contribution in [0.5, 0.6) is 0 Å². The third-order valence-electron chi connectivity index (χ3n) is 6.95. The van der Waals surface area contributed by atoms with Crippen LogP contribution in [0, 0.1) is 0 Å². The molecule has 0 amide bonds. The van der Waals surface area contributed by atoms with E-state index in [1.54, 1.807) is 44.4 Å². The molecule has 210 valence electrons. The monoisotopic (exact) mass is 578 g/mol. The van der Waals surface area contributed by atoms with Gasteiger partial charge in [0.05, 0.1) is 47.1 Å². The molecule has 0 saturated heterocycles. The average Bonchev–Trinajstić information content (AvgIpc) is 3.56. The maximum atomic E-state index is 12.9. The van der Waals surface area contributed by atoms with E-state index in [-0.39, 0.29) is 19.2 Å². The van der Waals surface area contributed by atoms with Crippen LogP contribution >= 0.6 is 11.6 Å². The molecule has 0 radical (unpaired) electrons. The zero-order valence-corrected chi connectivity index (χ0v) is 23.8. The molecule has 9 heteroatoms. The first-order valence-corrected chi connectivity index (χ1v) is 14.0. The Balaban J connectivity index is 1.39. The molecule has 0 spiro atoms. The van der Waals surface area contributed by atoms with Gasteiger partial charge in [-0.15, -0.1) is 0 Å². The van der Waals surface area contributed by atoms with Gasteiger partial charge in [-0.1, -0.05) is 17.7 Å². The van der Waals surface area contributed by atoms with E-state index in [0.29, 0.717) is 45.3 Å². The van der Waals surface area contributed by atoms with Gasteiger partial charge >= 0.3 is 11.9 Å². The second-order valence-electron chi connectivity index (χ2n) is 9.66. The van der Waals surface area contributed by atoms with Crippen molar-refractivity contribution in [1.82, 2.24) is 18.8 Å². The van der Waals surface area contributed by atoms with Crippen molar-refractivity contribution in [3.8, 4) is 22.8 Å². The molecule has 0 aliphatic carbocycles. The van der Waals surface area contributed by atoms with Gasteiger partial charge in [-0.2, -0.15) is 0 Å². The number of pyridine rings is 4. The zero-order valence-electron chi connectivity index (χ0n) is 23.1. The predicted molar refractivity (Wildman–Crippen MR) is 161 cm³/mol. The molecule has 6 rings (SSSR count). The van der Waals surface area contributed by atoms with E-state index >= 15 is 0 Å². The van der Waals surface area contributed by atoms with Crippen LogP contribution in [0.3, 0.4) is 0 Å². The minimum atomic E-state index is -0.417. The van der Waals surface area contributed by atoms with E-state index in [9.17, 15) is 9.59 Å². The van der Waals surface area contributed by atoms with Gasteiger partial charge in [-0.05, 0) is 92.1 Å². The van der Waals surface area contributed by atoms with E-state index in [0.717, 1.165) is 22.2 Å². The highest BCUT2D eigenvalue weighted by molar-refractivity contribution is 6.31. The number of carbonyl (C=O) groups excluding carboxylic acids is 2. The van der Waals surface area contributed by atoms with Crippen molar-refractivity contribution >= 4 is 34.6 Å². The van der Waals surface area contributed by atoms with Crippen LogP contribution in [-0.2, 0) is 15.9 Å². The standard InChI is InChI=1S/C33H27ClN4O4/c1-3-41-32(39)26-19-24-16-22(9-13-37(24)30(26)28-7-5-6-11-35-28)15-21-8-12-36-29(17-21)31-27(33(40)42-4-2)20-25-18-23(34)10-14-38(25)31/h5-14,16-20H,3-4,15H2,1-2H3. The van der Waals surface area contributed by atoms with Gasteiger partial charge in [0.15, 0.2) is 0 Å². The summed E-state index contributed by atoms with van der Waals surface area (Å²) < 4.78 is 14.5. The minimum Gasteiger partial charge on any atom is -0.462 e. The molecule has 0 bridgehead atoms. The Bertz CT molecular complexity index is 1940. The maximum absolute atomic E-state index is 12.9. The number of fused-ring (bicyclic) bond motifs is 2. The summed E-state index contributed by atoms with van der Waals surface area (Å²) in [5.74, 6) is -0.806. The minimum absolute atomic E-state index is 0.265. The van der Waals surface area contributed by atoms with Crippen molar-refractivity contribution in [2.75, 3.05) is 13.2 Å². The van der Waals surface area contributed by atoms with Crippen LogP contribution in [0.15, 0.2) is 91.5 Å². The van der Waals surface area contributed by atoms with Crippen LogP contribution in [0.2, 0.25) is 5.02 Å². The highest BCUT2D eigenvalue weighted by atomic mass is 35.5. The Morgan fingerprint density at radius 1 is 0.714 bits per heavy atom. The van der Waals surface area contributed by atoms with Crippen molar-refractivity contribution in [3.63, 3.8) is 0 Å². The van der Waals surface area contributed by atoms with Gasteiger partial charge in [0.25, 0.3) is 0 Å². The van der Waals surface area contributed by atoms with Crippen molar-refractivity contribution in [3.05, 3.63) is 119 Å². The molecule has 0 aliphatic rings. The lowest BCUT2D eigenvalue weighted by Gasteiger charge is -2.10. The van der Waals surface area contributed by atoms with Gasteiger partial charge in [0.2, 0.25) is 0 Å². The largest absolute Gasteiger partial charge is 0.462 e. The topological polar surface area (TPSA) is 87.2 Å². The highest BCUT2D eigenvalue weighted by Gasteiger charge is 2.22. The van der Waals surface area contributed by atoms with Gasteiger partial charge in [0.1, 0.15) is 0 Å². The number of rotatable bonds is 8. The van der Waals surface area contributed by atoms with E-state index in [4.69, 9.17) is 21.1 Å². The number of esters is 2. The van der Waals surface area contributed by atoms with Crippen LogP contribution in [0.1, 0.15) is 45.7 Å². The fraction of sp³-hybridized carbons (Fsp3) is 0.152. The van der Waals surface area contributed by atoms with Crippen molar-refractivity contribution in [2.45, 2.75) is 20.3 Å². The Labute approximate surface area is 247 Å². The summed E-state index contributed by atoms with van der Waals surface area (Å²) in [4.78, 5) is 34.8. The summed E-state index contributed by atoms with van der Waals surface area (Å²) >= 11 is 6.23. The lowest BCUT2D eigenvalue weighted by molar-refractivity contribution is 0.0518. The quantitative estimate of drug-likeness (QED) is 0.182. The molecule has 0 saturated carbocycles. The number of halogens is 1. The van der Waals surface area contributed by atoms with Gasteiger partial charge < -0.3 is 18.3 Å². The van der Waals surface area contributed by atoms with Crippen molar-refractivity contribution in [1.29, 1.82) is 0 Å². The fourth-order valence-corrected chi connectivity index (χ4v) is 5.36. The molecule has 0 unspecified atom stereocenters. The number of hydrogen-bond acceptors (Lipinski definition) is 6. The second-order valence-corrected chi connectivity index (χ2v) is 10.1. The fourth-order valence-electron chi connectivity index (χ4n) is 5.19. The molecule has 6 aromatic rings. The Kier molecular flexibility index (Phi) is 7.46. The molecule has 0 aromatic carbocycles. The van der Waals surface area contributed by atoms with Gasteiger partial charge in [-0.25, -0.2) is 9.59 Å². The third-order valence-corrected chi connectivity index (χ3v) is 7.18.